The summed E-state index contributed by atoms with van der Waals surface area (Å²) in [6, 6.07) is 12.2. The molecule has 0 saturated carbocycles. The second-order valence-corrected chi connectivity index (χ2v) is 7.34. The maximum absolute atomic E-state index is 12.9. The van der Waals surface area contributed by atoms with E-state index in [0.29, 0.717) is 12.1 Å². The van der Waals surface area contributed by atoms with Gasteiger partial charge in [-0.15, -0.1) is 0 Å². The lowest BCUT2D eigenvalue weighted by Gasteiger charge is -2.18. The smallest absolute Gasteiger partial charge is 0.328 e. The Labute approximate surface area is 176 Å². The quantitative estimate of drug-likeness (QED) is 0.718. The number of urea groups is 1. The number of hydrogen-bond donors (Lipinski definition) is 2. The van der Waals surface area contributed by atoms with Gasteiger partial charge in [0.1, 0.15) is 6.04 Å². The largest absolute Gasteiger partial charge is 0.464 e. The van der Waals surface area contributed by atoms with Crippen LogP contribution in [0, 0.1) is 6.92 Å². The number of amides is 3. The first kappa shape index (κ1) is 21.4. The lowest BCUT2D eigenvalue weighted by Crippen LogP contribution is -2.44. The Morgan fingerprint density at radius 1 is 1.13 bits per heavy atom. The summed E-state index contributed by atoms with van der Waals surface area (Å²) in [7, 11) is 0. The average Bonchev–Trinajstić information content (AvgIpc) is 3.15. The first-order valence-corrected chi connectivity index (χ1v) is 10.1. The number of benzene rings is 2. The van der Waals surface area contributed by atoms with Gasteiger partial charge in [-0.25, -0.2) is 9.59 Å². The van der Waals surface area contributed by atoms with Crippen LogP contribution in [0.3, 0.4) is 0 Å². The van der Waals surface area contributed by atoms with E-state index in [2.05, 4.69) is 10.6 Å². The van der Waals surface area contributed by atoms with Crippen molar-refractivity contribution in [1.29, 1.82) is 0 Å². The number of rotatable bonds is 6. The maximum Gasteiger partial charge on any atom is 0.328 e. The van der Waals surface area contributed by atoms with Crippen molar-refractivity contribution in [1.82, 2.24) is 10.6 Å². The molecule has 0 aliphatic carbocycles. The van der Waals surface area contributed by atoms with Crippen LogP contribution in [0.2, 0.25) is 0 Å². The fourth-order valence-electron chi connectivity index (χ4n) is 3.35. The number of carbonyl (C=O) groups is 3. The molecule has 1 heterocycles. The Kier molecular flexibility index (Phi) is 6.72. The molecule has 0 radical (unpaired) electrons. The zero-order chi connectivity index (χ0) is 21.7. The van der Waals surface area contributed by atoms with E-state index in [-0.39, 0.29) is 19.1 Å². The van der Waals surface area contributed by atoms with Crippen LogP contribution in [-0.2, 0) is 22.5 Å². The van der Waals surface area contributed by atoms with Gasteiger partial charge in [0, 0.05) is 24.3 Å². The van der Waals surface area contributed by atoms with Crippen LogP contribution < -0.4 is 15.5 Å². The van der Waals surface area contributed by atoms with Gasteiger partial charge in [-0.1, -0.05) is 29.8 Å². The lowest BCUT2D eigenvalue weighted by molar-refractivity contribution is -0.144. The second kappa shape index (κ2) is 9.43. The number of nitrogens with one attached hydrogen (secondary N) is 2. The number of hydrogen-bond acceptors (Lipinski definition) is 4. The van der Waals surface area contributed by atoms with Gasteiger partial charge in [0.25, 0.3) is 5.91 Å². The zero-order valence-electron chi connectivity index (χ0n) is 17.5. The standard InChI is InChI=1S/C23H27N3O4/c1-4-30-22(28)16(3)25-23(29)24-14-17-7-10-18-11-12-26(20(18)13-17)21(27)19-8-5-15(2)6-9-19/h5-10,13,16H,4,11-12,14H2,1-3H3,(H2,24,25,29)/t16-/m0/s1. The van der Waals surface area contributed by atoms with Crippen molar-refractivity contribution in [2.24, 2.45) is 0 Å². The molecule has 7 heteroatoms. The molecule has 158 valence electrons. The summed E-state index contributed by atoms with van der Waals surface area (Å²) in [5, 5.41) is 5.29. The summed E-state index contributed by atoms with van der Waals surface area (Å²) in [6.07, 6.45) is 0.804. The minimum Gasteiger partial charge on any atom is -0.464 e. The normalized spacial score (nSPS) is 13.4. The van der Waals surface area contributed by atoms with Crippen molar-refractivity contribution in [3.05, 3.63) is 64.7 Å². The average molecular weight is 409 g/mol. The molecule has 2 N–H and O–H groups in total. The van der Waals surface area contributed by atoms with E-state index in [0.717, 1.165) is 28.8 Å². The van der Waals surface area contributed by atoms with Crippen molar-refractivity contribution >= 4 is 23.6 Å². The third-order valence-corrected chi connectivity index (χ3v) is 5.03. The molecule has 1 aliphatic heterocycles. The topological polar surface area (TPSA) is 87.7 Å². The zero-order valence-corrected chi connectivity index (χ0v) is 17.5. The highest BCUT2D eigenvalue weighted by atomic mass is 16.5. The molecule has 1 atom stereocenters. The molecule has 30 heavy (non-hydrogen) atoms. The van der Waals surface area contributed by atoms with E-state index >= 15 is 0 Å². The molecule has 0 saturated heterocycles. The fourth-order valence-corrected chi connectivity index (χ4v) is 3.35. The molecule has 3 rings (SSSR count). The number of anilines is 1. The van der Waals surface area contributed by atoms with Crippen molar-refractivity contribution in [3.63, 3.8) is 0 Å². The van der Waals surface area contributed by atoms with E-state index in [4.69, 9.17) is 4.74 Å². The Morgan fingerprint density at radius 2 is 1.87 bits per heavy atom. The third-order valence-electron chi connectivity index (χ3n) is 5.03. The molecule has 7 nitrogen and oxygen atoms in total. The molecule has 0 unspecified atom stereocenters. The molecular formula is C23H27N3O4. The first-order valence-electron chi connectivity index (χ1n) is 10.1. The minimum atomic E-state index is -0.729. The predicted octanol–water partition coefficient (Wildman–Crippen LogP) is 2.95. The number of carbonyl (C=O) groups excluding carboxylic acids is 3. The predicted molar refractivity (Wildman–Crippen MR) is 114 cm³/mol. The number of ether oxygens (including phenoxy) is 1. The van der Waals surface area contributed by atoms with Crippen LogP contribution >= 0.6 is 0 Å². The maximum atomic E-state index is 12.9. The van der Waals surface area contributed by atoms with E-state index in [9.17, 15) is 14.4 Å². The van der Waals surface area contributed by atoms with E-state index < -0.39 is 18.0 Å². The molecule has 2 aromatic carbocycles. The van der Waals surface area contributed by atoms with Gasteiger partial charge in [0.05, 0.1) is 6.61 Å². The van der Waals surface area contributed by atoms with Crippen molar-refractivity contribution in [2.75, 3.05) is 18.1 Å². The summed E-state index contributed by atoms with van der Waals surface area (Å²) in [5.41, 5.74) is 4.62. The molecule has 0 bridgehead atoms. The highest BCUT2D eigenvalue weighted by Gasteiger charge is 2.26. The van der Waals surface area contributed by atoms with Gasteiger partial charge in [-0.05, 0) is 56.5 Å². The molecule has 0 aromatic heterocycles. The number of aryl methyl sites for hydroxylation is 1. The Balaban J connectivity index is 1.63. The van der Waals surface area contributed by atoms with Gasteiger partial charge in [-0.2, -0.15) is 0 Å². The highest BCUT2D eigenvalue weighted by Crippen LogP contribution is 2.30. The van der Waals surface area contributed by atoms with Crippen LogP contribution in [-0.4, -0.2) is 37.1 Å². The molecule has 0 fully saturated rings. The molecular weight excluding hydrogens is 382 g/mol. The van der Waals surface area contributed by atoms with Crippen molar-refractivity contribution < 1.29 is 19.1 Å². The van der Waals surface area contributed by atoms with E-state index in [1.165, 1.54) is 0 Å². The van der Waals surface area contributed by atoms with Crippen LogP contribution in [0.4, 0.5) is 10.5 Å². The number of esters is 1. The van der Waals surface area contributed by atoms with E-state index in [1.807, 2.05) is 49.4 Å². The summed E-state index contributed by atoms with van der Waals surface area (Å²) >= 11 is 0. The third kappa shape index (κ3) is 4.97. The number of nitrogens with zero attached hydrogens (tertiary/aromatic N) is 1. The van der Waals surface area contributed by atoms with Gasteiger partial charge < -0.3 is 20.3 Å². The Bertz CT molecular complexity index is 940. The van der Waals surface area contributed by atoms with Crippen LogP contribution in [0.5, 0.6) is 0 Å². The first-order chi connectivity index (χ1) is 14.4. The summed E-state index contributed by atoms with van der Waals surface area (Å²) < 4.78 is 4.88. The summed E-state index contributed by atoms with van der Waals surface area (Å²) in [6.45, 7) is 6.45. The molecule has 1 aliphatic rings. The minimum absolute atomic E-state index is 0.0279. The van der Waals surface area contributed by atoms with Crippen molar-refractivity contribution in [3.8, 4) is 0 Å². The summed E-state index contributed by atoms with van der Waals surface area (Å²) in [4.78, 5) is 38.4. The second-order valence-electron chi connectivity index (χ2n) is 7.34. The van der Waals surface area contributed by atoms with Crippen molar-refractivity contribution in [2.45, 2.75) is 39.8 Å². The van der Waals surface area contributed by atoms with E-state index in [1.54, 1.807) is 18.7 Å². The molecule has 0 spiro atoms. The SMILES string of the molecule is CCOC(=O)[C@H](C)NC(=O)NCc1ccc2c(c1)N(C(=O)c1ccc(C)cc1)CC2. The Hall–Kier alpha value is -3.35. The highest BCUT2D eigenvalue weighted by molar-refractivity contribution is 6.07. The van der Waals surface area contributed by atoms with Gasteiger partial charge in [-0.3, -0.25) is 4.79 Å². The monoisotopic (exact) mass is 409 g/mol. The van der Waals surface area contributed by atoms with Crippen LogP contribution in [0.25, 0.3) is 0 Å². The van der Waals surface area contributed by atoms with Crippen LogP contribution in [0.15, 0.2) is 42.5 Å². The van der Waals surface area contributed by atoms with Gasteiger partial charge in [0.15, 0.2) is 0 Å². The lowest BCUT2D eigenvalue weighted by atomic mass is 10.1. The Morgan fingerprint density at radius 3 is 2.57 bits per heavy atom. The fraction of sp³-hybridized carbons (Fsp3) is 0.348. The molecule has 3 amide bonds. The van der Waals surface area contributed by atoms with Gasteiger partial charge in [0.2, 0.25) is 0 Å². The summed E-state index contributed by atoms with van der Waals surface area (Å²) in [5.74, 6) is -0.504. The van der Waals surface area contributed by atoms with Crippen LogP contribution in [0.1, 0.15) is 40.9 Å². The number of fused-ring (bicyclic) bond motifs is 1. The van der Waals surface area contributed by atoms with Gasteiger partial charge >= 0.3 is 12.0 Å². The molecule has 2 aromatic rings.